The number of likely N-dealkylation sites (N-methyl/N-ethyl adjacent to an activating group) is 1. The van der Waals surface area contributed by atoms with Crippen LogP contribution in [-0.2, 0) is 6.54 Å². The van der Waals surface area contributed by atoms with Crippen LogP contribution in [0, 0.1) is 5.82 Å². The maximum Gasteiger partial charge on any atom is 0.264 e. The Balaban J connectivity index is 1.60. The van der Waals surface area contributed by atoms with Gasteiger partial charge in [-0.3, -0.25) is 4.79 Å². The lowest BCUT2D eigenvalue weighted by Crippen LogP contribution is -2.26. The maximum absolute atomic E-state index is 14.1. The zero-order chi connectivity index (χ0) is 20.7. The number of nitrogens with zero attached hydrogens (tertiary/aromatic N) is 3. The Labute approximate surface area is 173 Å². The van der Waals surface area contributed by atoms with E-state index in [1.165, 1.54) is 17.7 Å². The first-order valence-electron chi connectivity index (χ1n) is 9.92. The first-order chi connectivity index (χ1) is 14.6. The molecule has 1 N–H and O–H groups in total. The van der Waals surface area contributed by atoms with Crippen LogP contribution in [-0.4, -0.2) is 35.2 Å². The van der Waals surface area contributed by atoms with Gasteiger partial charge in [-0.25, -0.2) is 9.49 Å². The lowest BCUT2D eigenvalue weighted by atomic mass is 10.0. The molecule has 150 valence electrons. The van der Waals surface area contributed by atoms with E-state index in [0.717, 1.165) is 47.7 Å². The van der Waals surface area contributed by atoms with Gasteiger partial charge in [0.1, 0.15) is 5.82 Å². The zero-order valence-electron chi connectivity index (χ0n) is 16.6. The summed E-state index contributed by atoms with van der Waals surface area (Å²) in [4.78, 5) is 15.9. The number of halogens is 1. The van der Waals surface area contributed by atoms with Crippen LogP contribution in [0.5, 0.6) is 0 Å². The summed E-state index contributed by atoms with van der Waals surface area (Å²) in [6, 6.07) is 20.5. The molecule has 0 saturated carbocycles. The van der Waals surface area contributed by atoms with Gasteiger partial charge in [0.05, 0.1) is 5.69 Å². The van der Waals surface area contributed by atoms with Crippen LogP contribution in [0.2, 0.25) is 0 Å². The molecular weight excluding hydrogens is 379 g/mol. The summed E-state index contributed by atoms with van der Waals surface area (Å²) in [6.07, 6.45) is 0. The summed E-state index contributed by atoms with van der Waals surface area (Å²) >= 11 is 0. The number of aromatic amines is 1. The van der Waals surface area contributed by atoms with Crippen molar-refractivity contribution in [2.45, 2.75) is 6.54 Å². The first kappa shape index (κ1) is 18.5. The molecule has 6 heteroatoms. The van der Waals surface area contributed by atoms with E-state index in [9.17, 15) is 9.18 Å². The molecule has 1 aliphatic rings. The van der Waals surface area contributed by atoms with E-state index < -0.39 is 0 Å². The number of benzene rings is 3. The van der Waals surface area contributed by atoms with Gasteiger partial charge in [0, 0.05) is 48.0 Å². The van der Waals surface area contributed by atoms with Crippen molar-refractivity contribution >= 4 is 22.1 Å². The third-order valence-corrected chi connectivity index (χ3v) is 5.61. The molecule has 4 aromatic rings. The molecule has 0 radical (unpaired) electrons. The van der Waals surface area contributed by atoms with E-state index in [1.54, 1.807) is 12.1 Å². The normalized spacial score (nSPS) is 14.5. The van der Waals surface area contributed by atoms with E-state index >= 15 is 0 Å². The Morgan fingerprint density at radius 2 is 1.90 bits per heavy atom. The second-order valence-electron chi connectivity index (χ2n) is 7.68. The lowest BCUT2D eigenvalue weighted by molar-refractivity contribution is 0.343. The molecule has 0 spiro atoms. The summed E-state index contributed by atoms with van der Waals surface area (Å²) in [5.74, 6) is -0.201. The van der Waals surface area contributed by atoms with Gasteiger partial charge in [0.25, 0.3) is 5.56 Å². The Kier molecular flexibility index (Phi) is 4.56. The SMILES string of the molecule is CN1CCN(c2ccc3c(F)cccc3c2)c2ccc(-c3ccc(=O)[nH]n3)cc2C1. The van der Waals surface area contributed by atoms with Crippen LogP contribution in [0.3, 0.4) is 0 Å². The zero-order valence-corrected chi connectivity index (χ0v) is 16.6. The standard InChI is InChI=1S/C24H21FN4O/c1-28-11-12-29(19-6-7-20-16(14-19)3-2-4-21(20)25)23-9-5-17(13-18(23)15-28)22-8-10-24(30)27-26-22/h2-10,13-14H,11-12,15H2,1H3,(H,27,30). The van der Waals surface area contributed by atoms with Crippen molar-refractivity contribution < 1.29 is 4.39 Å². The number of hydrogen-bond donors (Lipinski definition) is 1. The van der Waals surface area contributed by atoms with Crippen LogP contribution >= 0.6 is 0 Å². The van der Waals surface area contributed by atoms with Crippen LogP contribution in [0.1, 0.15) is 5.56 Å². The van der Waals surface area contributed by atoms with Gasteiger partial charge in [-0.1, -0.05) is 18.2 Å². The van der Waals surface area contributed by atoms with E-state index in [0.29, 0.717) is 5.39 Å². The minimum Gasteiger partial charge on any atom is -0.340 e. The molecule has 2 heterocycles. The summed E-state index contributed by atoms with van der Waals surface area (Å²) in [5.41, 5.74) is 4.83. The molecule has 30 heavy (non-hydrogen) atoms. The quantitative estimate of drug-likeness (QED) is 0.545. The van der Waals surface area contributed by atoms with Crippen molar-refractivity contribution in [3.8, 4) is 11.3 Å². The van der Waals surface area contributed by atoms with E-state index in [1.807, 2.05) is 30.3 Å². The predicted molar refractivity (Wildman–Crippen MR) is 118 cm³/mol. The maximum atomic E-state index is 14.1. The minimum atomic E-state index is -0.216. The lowest BCUT2D eigenvalue weighted by Gasteiger charge is -2.25. The second kappa shape index (κ2) is 7.39. The Morgan fingerprint density at radius 3 is 2.73 bits per heavy atom. The van der Waals surface area contributed by atoms with Gasteiger partial charge in [0.15, 0.2) is 0 Å². The Hall–Kier alpha value is -3.51. The summed E-state index contributed by atoms with van der Waals surface area (Å²) in [5, 5.41) is 8.18. The van der Waals surface area contributed by atoms with Crippen molar-refractivity contribution in [3.05, 3.63) is 88.5 Å². The minimum absolute atomic E-state index is 0.201. The van der Waals surface area contributed by atoms with E-state index in [4.69, 9.17) is 0 Å². The summed E-state index contributed by atoms with van der Waals surface area (Å²) in [7, 11) is 2.11. The molecule has 0 saturated heterocycles. The number of rotatable bonds is 2. The summed E-state index contributed by atoms with van der Waals surface area (Å²) in [6.45, 7) is 2.55. The molecule has 0 amide bonds. The van der Waals surface area contributed by atoms with Crippen molar-refractivity contribution in [2.24, 2.45) is 0 Å². The monoisotopic (exact) mass is 400 g/mol. The average Bonchev–Trinajstić information content (AvgIpc) is 2.92. The van der Waals surface area contributed by atoms with Gasteiger partial charge in [0.2, 0.25) is 0 Å². The predicted octanol–water partition coefficient (Wildman–Crippen LogP) is 4.31. The smallest absolute Gasteiger partial charge is 0.264 e. The van der Waals surface area contributed by atoms with Crippen molar-refractivity contribution in [1.29, 1.82) is 0 Å². The third kappa shape index (κ3) is 3.35. The number of fused-ring (bicyclic) bond motifs is 2. The molecule has 1 aliphatic heterocycles. The second-order valence-corrected chi connectivity index (χ2v) is 7.68. The van der Waals surface area contributed by atoms with Crippen LogP contribution < -0.4 is 10.5 Å². The summed E-state index contributed by atoms with van der Waals surface area (Å²) < 4.78 is 14.1. The van der Waals surface area contributed by atoms with Gasteiger partial charge in [-0.05, 0) is 60.5 Å². The molecule has 3 aromatic carbocycles. The highest BCUT2D eigenvalue weighted by Gasteiger charge is 2.20. The number of H-pyrrole nitrogens is 1. The van der Waals surface area contributed by atoms with Gasteiger partial charge in [-0.2, -0.15) is 5.10 Å². The highest BCUT2D eigenvalue weighted by molar-refractivity contribution is 5.88. The average molecular weight is 400 g/mol. The molecule has 0 unspecified atom stereocenters. The van der Waals surface area contributed by atoms with Crippen molar-refractivity contribution in [1.82, 2.24) is 15.1 Å². The van der Waals surface area contributed by atoms with E-state index in [2.05, 4.69) is 39.2 Å². The molecule has 5 nitrogen and oxygen atoms in total. The van der Waals surface area contributed by atoms with Gasteiger partial charge < -0.3 is 9.80 Å². The molecule has 0 atom stereocenters. The van der Waals surface area contributed by atoms with Crippen LogP contribution in [0.4, 0.5) is 15.8 Å². The molecule has 1 aromatic heterocycles. The van der Waals surface area contributed by atoms with Gasteiger partial charge >= 0.3 is 0 Å². The number of nitrogens with one attached hydrogen (secondary N) is 1. The molecule has 0 fully saturated rings. The molecule has 0 bridgehead atoms. The van der Waals surface area contributed by atoms with Crippen LogP contribution in [0.25, 0.3) is 22.0 Å². The van der Waals surface area contributed by atoms with Crippen molar-refractivity contribution in [3.63, 3.8) is 0 Å². The molecule has 5 rings (SSSR count). The topological polar surface area (TPSA) is 52.2 Å². The molecule has 0 aliphatic carbocycles. The molecular formula is C24H21FN4O. The van der Waals surface area contributed by atoms with Crippen LogP contribution in [0.15, 0.2) is 71.5 Å². The van der Waals surface area contributed by atoms with Crippen molar-refractivity contribution in [2.75, 3.05) is 25.0 Å². The third-order valence-electron chi connectivity index (χ3n) is 5.61. The Bertz CT molecular complexity index is 1280. The fourth-order valence-corrected chi connectivity index (χ4v) is 4.07. The largest absolute Gasteiger partial charge is 0.340 e. The highest BCUT2D eigenvalue weighted by Crippen LogP contribution is 2.35. The fourth-order valence-electron chi connectivity index (χ4n) is 4.07. The highest BCUT2D eigenvalue weighted by atomic mass is 19.1. The fraction of sp³-hybridized carbons (Fsp3) is 0.167. The number of aromatic nitrogens is 2. The number of anilines is 2. The first-order valence-corrected chi connectivity index (χ1v) is 9.92. The number of hydrogen-bond acceptors (Lipinski definition) is 4. The Morgan fingerprint density at radius 1 is 1.00 bits per heavy atom. The van der Waals surface area contributed by atoms with E-state index in [-0.39, 0.29) is 11.4 Å². The van der Waals surface area contributed by atoms with Gasteiger partial charge in [-0.15, -0.1) is 0 Å².